The van der Waals surface area contributed by atoms with Crippen LogP contribution < -0.4 is 5.73 Å². The summed E-state index contributed by atoms with van der Waals surface area (Å²) in [5, 5.41) is 1.44. The van der Waals surface area contributed by atoms with Crippen LogP contribution in [0, 0.1) is 6.92 Å². The molecular formula is C15H15Cl2NO2S. The molecule has 0 radical (unpaired) electrons. The predicted octanol–water partition coefficient (Wildman–Crippen LogP) is 5.18. The van der Waals surface area contributed by atoms with Crippen molar-refractivity contribution in [1.82, 2.24) is 0 Å². The largest absolute Gasteiger partial charge is 0.459 e. The van der Waals surface area contributed by atoms with Gasteiger partial charge in [-0.05, 0) is 32.9 Å². The van der Waals surface area contributed by atoms with Crippen LogP contribution in [0.4, 0.5) is 5.00 Å². The van der Waals surface area contributed by atoms with Crippen molar-refractivity contribution < 1.29 is 9.53 Å². The highest BCUT2D eigenvalue weighted by molar-refractivity contribution is 7.16. The Labute approximate surface area is 137 Å². The van der Waals surface area contributed by atoms with Crippen molar-refractivity contribution in [3.05, 3.63) is 38.7 Å². The number of nitrogen functional groups attached to an aromatic ring is 1. The number of rotatable bonds is 3. The van der Waals surface area contributed by atoms with Crippen LogP contribution in [0.5, 0.6) is 0 Å². The first-order valence-corrected chi connectivity index (χ1v) is 7.93. The lowest BCUT2D eigenvalue weighted by atomic mass is 10.0. The summed E-state index contributed by atoms with van der Waals surface area (Å²) in [6, 6.07) is 5.16. The number of benzene rings is 1. The van der Waals surface area contributed by atoms with Crippen molar-refractivity contribution in [3.8, 4) is 11.1 Å². The zero-order valence-corrected chi connectivity index (χ0v) is 14.2. The molecular weight excluding hydrogens is 329 g/mol. The average Bonchev–Trinajstić information content (AvgIpc) is 2.63. The maximum atomic E-state index is 12.3. The van der Waals surface area contributed by atoms with Gasteiger partial charge in [-0.2, -0.15) is 0 Å². The molecule has 112 valence electrons. The molecule has 1 aromatic carbocycles. The number of thiophene rings is 1. The molecule has 1 aromatic heterocycles. The van der Waals surface area contributed by atoms with Crippen molar-refractivity contribution in [1.29, 1.82) is 0 Å². The predicted molar refractivity (Wildman–Crippen MR) is 89.5 cm³/mol. The molecule has 2 aromatic rings. The summed E-state index contributed by atoms with van der Waals surface area (Å²) >= 11 is 13.5. The fourth-order valence-electron chi connectivity index (χ4n) is 2.06. The number of ether oxygens (including phenoxy) is 1. The number of nitrogens with two attached hydrogens (primary N) is 1. The van der Waals surface area contributed by atoms with E-state index in [1.54, 1.807) is 32.0 Å². The Bertz CT molecular complexity index is 695. The Balaban J connectivity index is 2.61. The fraction of sp³-hybridized carbons (Fsp3) is 0.267. The van der Waals surface area contributed by atoms with Gasteiger partial charge in [0.25, 0.3) is 0 Å². The normalized spacial score (nSPS) is 11.0. The van der Waals surface area contributed by atoms with Crippen molar-refractivity contribution in [2.45, 2.75) is 26.9 Å². The number of halogens is 2. The number of anilines is 1. The third-order valence-corrected chi connectivity index (χ3v) is 4.34. The number of esters is 1. The van der Waals surface area contributed by atoms with Gasteiger partial charge in [-0.3, -0.25) is 0 Å². The van der Waals surface area contributed by atoms with Crippen molar-refractivity contribution in [2.75, 3.05) is 5.73 Å². The summed E-state index contributed by atoms with van der Waals surface area (Å²) in [6.07, 6.45) is -0.217. The first-order chi connectivity index (χ1) is 9.81. The first kappa shape index (κ1) is 16.1. The number of hydrogen-bond acceptors (Lipinski definition) is 4. The van der Waals surface area contributed by atoms with Gasteiger partial charge in [-0.15, -0.1) is 11.3 Å². The highest BCUT2D eigenvalue weighted by atomic mass is 35.5. The third kappa shape index (κ3) is 3.34. The molecule has 0 aliphatic rings. The molecule has 2 N–H and O–H groups in total. The molecule has 0 amide bonds. The van der Waals surface area contributed by atoms with Crippen molar-refractivity contribution in [3.63, 3.8) is 0 Å². The van der Waals surface area contributed by atoms with Crippen LogP contribution in [0.3, 0.4) is 0 Å². The van der Waals surface area contributed by atoms with Crippen LogP contribution >= 0.6 is 34.5 Å². The smallest absolute Gasteiger partial charge is 0.342 e. The topological polar surface area (TPSA) is 52.3 Å². The summed E-state index contributed by atoms with van der Waals surface area (Å²) in [6.45, 7) is 5.48. The van der Waals surface area contributed by atoms with Crippen LogP contribution in [0.25, 0.3) is 11.1 Å². The summed E-state index contributed by atoms with van der Waals surface area (Å²) in [5.74, 6) is -0.437. The van der Waals surface area contributed by atoms with Crippen molar-refractivity contribution in [2.24, 2.45) is 0 Å². The van der Waals surface area contributed by atoms with Crippen LogP contribution in [0.15, 0.2) is 18.2 Å². The number of carbonyl (C=O) groups is 1. The van der Waals surface area contributed by atoms with Gasteiger partial charge in [-0.1, -0.05) is 29.3 Å². The highest BCUT2D eigenvalue weighted by Gasteiger charge is 2.25. The number of hydrogen-bond donors (Lipinski definition) is 1. The maximum Gasteiger partial charge on any atom is 0.342 e. The molecule has 0 bridgehead atoms. The molecule has 6 heteroatoms. The van der Waals surface area contributed by atoms with E-state index in [0.29, 0.717) is 26.2 Å². The first-order valence-electron chi connectivity index (χ1n) is 6.36. The summed E-state index contributed by atoms with van der Waals surface area (Å²) in [4.78, 5) is 13.2. The second-order valence-corrected chi connectivity index (χ2v) is 6.95. The second kappa shape index (κ2) is 6.26. The van der Waals surface area contributed by atoms with Gasteiger partial charge in [0.1, 0.15) is 10.6 Å². The van der Waals surface area contributed by atoms with Gasteiger partial charge >= 0.3 is 5.97 Å². The molecule has 0 spiro atoms. The SMILES string of the molecule is Cc1sc(N)c(C(=O)OC(C)C)c1-c1ccc(Cl)cc1Cl. The van der Waals surface area contributed by atoms with E-state index < -0.39 is 5.97 Å². The van der Waals surface area contributed by atoms with Crippen LogP contribution in [0.2, 0.25) is 10.0 Å². The Hall–Kier alpha value is -1.23. The minimum atomic E-state index is -0.437. The van der Waals surface area contributed by atoms with Gasteiger partial charge in [-0.25, -0.2) is 4.79 Å². The Morgan fingerprint density at radius 1 is 1.33 bits per heavy atom. The number of aryl methyl sites for hydroxylation is 1. The van der Waals surface area contributed by atoms with Gasteiger partial charge in [0.15, 0.2) is 0 Å². The third-order valence-electron chi connectivity index (χ3n) is 2.86. The second-order valence-electron chi connectivity index (χ2n) is 4.85. The summed E-state index contributed by atoms with van der Waals surface area (Å²) in [5.41, 5.74) is 7.79. The van der Waals surface area contributed by atoms with E-state index in [1.807, 2.05) is 6.92 Å². The van der Waals surface area contributed by atoms with Crippen LogP contribution in [0.1, 0.15) is 29.1 Å². The molecule has 0 atom stereocenters. The fourth-order valence-corrected chi connectivity index (χ4v) is 3.49. The summed E-state index contributed by atoms with van der Waals surface area (Å²) in [7, 11) is 0. The van der Waals surface area contributed by atoms with Gasteiger partial charge in [0.2, 0.25) is 0 Å². The Kier molecular flexibility index (Phi) is 4.81. The minimum Gasteiger partial charge on any atom is -0.459 e. The molecule has 0 aliphatic heterocycles. The van der Waals surface area contributed by atoms with E-state index in [9.17, 15) is 4.79 Å². The Morgan fingerprint density at radius 3 is 2.57 bits per heavy atom. The lowest BCUT2D eigenvalue weighted by molar-refractivity contribution is 0.0380. The average molecular weight is 344 g/mol. The van der Waals surface area contributed by atoms with E-state index in [2.05, 4.69) is 0 Å². The van der Waals surface area contributed by atoms with Gasteiger partial charge < -0.3 is 10.5 Å². The summed E-state index contributed by atoms with van der Waals surface area (Å²) < 4.78 is 5.27. The van der Waals surface area contributed by atoms with E-state index in [-0.39, 0.29) is 6.10 Å². The van der Waals surface area contributed by atoms with Crippen molar-refractivity contribution >= 4 is 45.5 Å². The molecule has 0 unspecified atom stereocenters. The lowest BCUT2D eigenvalue weighted by Crippen LogP contribution is -2.13. The van der Waals surface area contributed by atoms with E-state index in [1.165, 1.54) is 11.3 Å². The van der Waals surface area contributed by atoms with Gasteiger partial charge in [0, 0.05) is 26.0 Å². The van der Waals surface area contributed by atoms with E-state index in [0.717, 1.165) is 10.4 Å². The molecule has 0 saturated heterocycles. The maximum absolute atomic E-state index is 12.3. The zero-order chi connectivity index (χ0) is 15.7. The van der Waals surface area contributed by atoms with E-state index >= 15 is 0 Å². The molecule has 0 aliphatic carbocycles. The Morgan fingerprint density at radius 2 is 2.00 bits per heavy atom. The molecule has 0 saturated carbocycles. The monoisotopic (exact) mass is 343 g/mol. The van der Waals surface area contributed by atoms with Crippen LogP contribution in [-0.4, -0.2) is 12.1 Å². The molecule has 2 rings (SSSR count). The lowest BCUT2D eigenvalue weighted by Gasteiger charge is -2.11. The molecule has 0 fully saturated rings. The molecule has 21 heavy (non-hydrogen) atoms. The zero-order valence-electron chi connectivity index (χ0n) is 11.9. The van der Waals surface area contributed by atoms with E-state index in [4.69, 9.17) is 33.7 Å². The number of carbonyl (C=O) groups excluding carboxylic acids is 1. The van der Waals surface area contributed by atoms with Gasteiger partial charge in [0.05, 0.1) is 6.10 Å². The van der Waals surface area contributed by atoms with Crippen LogP contribution in [-0.2, 0) is 4.74 Å². The molecule has 1 heterocycles. The minimum absolute atomic E-state index is 0.217. The quantitative estimate of drug-likeness (QED) is 0.781. The molecule has 3 nitrogen and oxygen atoms in total. The standard InChI is InChI=1S/C15H15Cl2NO2S/c1-7(2)20-15(19)13-12(8(3)21-14(13)18)10-5-4-9(16)6-11(10)17/h4-7H,18H2,1-3H3. The highest BCUT2D eigenvalue weighted by Crippen LogP contribution is 2.42.